The van der Waals surface area contributed by atoms with Crippen molar-refractivity contribution in [3.63, 3.8) is 0 Å². The standard InChI is InChI=1S/C6H2F6N2O3/c7-5(8,9)1(6(10,11)12)2-13-3(15)4(16)14(2)17/h17H,(H,13,15). The number of hydrogen-bond acceptors (Lipinski definition) is 3. The minimum absolute atomic E-state index is 0.994. The van der Waals surface area contributed by atoms with Crippen LogP contribution in [-0.4, -0.2) is 34.4 Å². The summed E-state index contributed by atoms with van der Waals surface area (Å²) < 4.78 is 72.7. The van der Waals surface area contributed by atoms with Gasteiger partial charge in [0.15, 0.2) is 11.4 Å². The Morgan fingerprint density at radius 3 is 1.71 bits per heavy atom. The Morgan fingerprint density at radius 1 is 1.06 bits per heavy atom. The summed E-state index contributed by atoms with van der Waals surface area (Å²) in [4.78, 5) is 21.1. The van der Waals surface area contributed by atoms with Crippen LogP contribution < -0.4 is 5.32 Å². The molecule has 17 heavy (non-hydrogen) atoms. The molecular weight excluding hydrogens is 262 g/mol. The molecule has 5 nitrogen and oxygen atoms in total. The quantitative estimate of drug-likeness (QED) is 0.384. The first-order valence-corrected chi connectivity index (χ1v) is 3.69. The first-order valence-electron chi connectivity index (χ1n) is 3.69. The van der Waals surface area contributed by atoms with Crippen molar-refractivity contribution in [2.75, 3.05) is 0 Å². The number of rotatable bonds is 0. The first kappa shape index (κ1) is 13.3. The smallest absolute Gasteiger partial charge is 0.301 e. The second kappa shape index (κ2) is 3.61. The molecular formula is C6H2F6N2O3. The van der Waals surface area contributed by atoms with Crippen LogP contribution in [0.1, 0.15) is 0 Å². The van der Waals surface area contributed by atoms with Gasteiger partial charge in [0.05, 0.1) is 0 Å². The van der Waals surface area contributed by atoms with Gasteiger partial charge in [-0.05, 0) is 0 Å². The molecule has 0 aromatic rings. The van der Waals surface area contributed by atoms with Crippen LogP contribution in [-0.2, 0) is 9.59 Å². The van der Waals surface area contributed by atoms with Crippen molar-refractivity contribution >= 4 is 11.8 Å². The molecule has 0 spiro atoms. The maximum absolute atomic E-state index is 12.1. The van der Waals surface area contributed by atoms with Crippen molar-refractivity contribution in [3.05, 3.63) is 11.4 Å². The molecule has 2 amide bonds. The van der Waals surface area contributed by atoms with Gasteiger partial charge in [0.25, 0.3) is 0 Å². The topological polar surface area (TPSA) is 69.6 Å². The molecule has 1 fully saturated rings. The Labute approximate surface area is 88.2 Å². The molecule has 0 radical (unpaired) electrons. The average molecular weight is 264 g/mol. The van der Waals surface area contributed by atoms with Crippen LogP contribution in [0.5, 0.6) is 0 Å². The molecule has 11 heteroatoms. The van der Waals surface area contributed by atoms with Crippen molar-refractivity contribution in [1.82, 2.24) is 10.4 Å². The predicted molar refractivity (Wildman–Crippen MR) is 35.9 cm³/mol. The molecule has 1 rings (SSSR count). The monoisotopic (exact) mass is 264 g/mol. The van der Waals surface area contributed by atoms with Crippen LogP contribution in [0.15, 0.2) is 11.4 Å². The summed E-state index contributed by atoms with van der Waals surface area (Å²) in [6, 6.07) is 0. The lowest BCUT2D eigenvalue weighted by atomic mass is 10.2. The maximum Gasteiger partial charge on any atom is 0.424 e. The van der Waals surface area contributed by atoms with Crippen LogP contribution in [0.2, 0.25) is 0 Å². The summed E-state index contributed by atoms with van der Waals surface area (Å²) in [5.74, 6) is -5.79. The lowest BCUT2D eigenvalue weighted by molar-refractivity contribution is -0.180. The van der Waals surface area contributed by atoms with E-state index in [1.165, 1.54) is 0 Å². The molecule has 1 aliphatic rings. The molecule has 0 unspecified atom stereocenters. The fourth-order valence-corrected chi connectivity index (χ4v) is 1.01. The summed E-state index contributed by atoms with van der Waals surface area (Å²) in [7, 11) is 0. The normalized spacial score (nSPS) is 17.6. The van der Waals surface area contributed by atoms with Gasteiger partial charge in [-0.2, -0.15) is 31.4 Å². The van der Waals surface area contributed by atoms with E-state index in [1.54, 1.807) is 0 Å². The Kier molecular flexibility index (Phi) is 2.83. The zero-order chi connectivity index (χ0) is 13.6. The molecule has 0 atom stereocenters. The van der Waals surface area contributed by atoms with Gasteiger partial charge >= 0.3 is 24.2 Å². The Bertz CT molecular complexity index is 393. The Balaban J connectivity index is 3.42. The van der Waals surface area contributed by atoms with E-state index in [0.717, 1.165) is 5.32 Å². The molecule has 0 aromatic carbocycles. The number of amides is 2. The fraction of sp³-hybridized carbons (Fsp3) is 0.333. The second-order valence-electron chi connectivity index (χ2n) is 2.79. The van der Waals surface area contributed by atoms with Gasteiger partial charge < -0.3 is 5.32 Å². The van der Waals surface area contributed by atoms with Crippen molar-refractivity contribution in [2.24, 2.45) is 0 Å². The van der Waals surface area contributed by atoms with E-state index >= 15 is 0 Å². The number of nitrogens with zero attached hydrogens (tertiary/aromatic N) is 1. The summed E-state index contributed by atoms with van der Waals surface area (Å²) in [5.41, 5.74) is -3.17. The minimum atomic E-state index is -5.90. The number of allylic oxidation sites excluding steroid dienone is 1. The van der Waals surface area contributed by atoms with Gasteiger partial charge in [0, 0.05) is 0 Å². The molecule has 2 N–H and O–H groups in total. The van der Waals surface area contributed by atoms with Gasteiger partial charge in [-0.1, -0.05) is 0 Å². The lowest BCUT2D eigenvalue weighted by Crippen LogP contribution is -2.34. The lowest BCUT2D eigenvalue weighted by Gasteiger charge is -2.18. The van der Waals surface area contributed by atoms with Gasteiger partial charge in [-0.3, -0.25) is 14.8 Å². The predicted octanol–water partition coefficient (Wildman–Crippen LogP) is 0.670. The van der Waals surface area contributed by atoms with Gasteiger partial charge in [-0.15, -0.1) is 0 Å². The third-order valence-corrected chi connectivity index (χ3v) is 1.63. The third-order valence-electron chi connectivity index (χ3n) is 1.63. The Hall–Kier alpha value is -1.78. The molecule has 0 aliphatic carbocycles. The van der Waals surface area contributed by atoms with E-state index in [4.69, 9.17) is 5.21 Å². The number of halogens is 6. The first-order chi connectivity index (χ1) is 7.46. The van der Waals surface area contributed by atoms with Crippen molar-refractivity contribution < 1.29 is 41.1 Å². The molecule has 0 bridgehead atoms. The maximum atomic E-state index is 12.1. The number of nitrogens with one attached hydrogen (secondary N) is 1. The largest absolute Gasteiger partial charge is 0.424 e. The summed E-state index contributed by atoms with van der Waals surface area (Å²) in [5, 5.41) is 8.63. The molecule has 0 aromatic heterocycles. The number of alkyl halides is 6. The van der Waals surface area contributed by atoms with Crippen LogP contribution in [0.25, 0.3) is 0 Å². The summed E-state index contributed by atoms with van der Waals surface area (Å²) in [6.07, 6.45) is -11.8. The summed E-state index contributed by atoms with van der Waals surface area (Å²) >= 11 is 0. The molecule has 1 aliphatic heterocycles. The number of hydrogen-bond donors (Lipinski definition) is 2. The van der Waals surface area contributed by atoms with Crippen LogP contribution in [0.4, 0.5) is 26.3 Å². The zero-order valence-electron chi connectivity index (χ0n) is 7.48. The second-order valence-corrected chi connectivity index (χ2v) is 2.79. The van der Waals surface area contributed by atoms with Gasteiger partial charge in [-0.25, -0.2) is 0 Å². The molecule has 0 saturated carbocycles. The highest BCUT2D eigenvalue weighted by molar-refractivity contribution is 6.37. The fourth-order valence-electron chi connectivity index (χ4n) is 1.01. The highest BCUT2D eigenvalue weighted by Crippen LogP contribution is 2.41. The van der Waals surface area contributed by atoms with E-state index < -0.39 is 40.6 Å². The number of hydroxylamine groups is 2. The van der Waals surface area contributed by atoms with Gasteiger partial charge in [0.2, 0.25) is 0 Å². The van der Waals surface area contributed by atoms with Crippen molar-refractivity contribution in [3.8, 4) is 0 Å². The zero-order valence-corrected chi connectivity index (χ0v) is 7.48. The molecule has 96 valence electrons. The van der Waals surface area contributed by atoms with Crippen molar-refractivity contribution in [2.45, 2.75) is 12.4 Å². The highest BCUT2D eigenvalue weighted by Gasteiger charge is 2.56. The van der Waals surface area contributed by atoms with Crippen LogP contribution >= 0.6 is 0 Å². The number of carbonyl (C=O) groups is 2. The SMILES string of the molecule is O=C1NC(=C(C(F)(F)F)C(F)(F)F)N(O)C1=O. The average Bonchev–Trinajstić information content (AvgIpc) is 2.29. The van der Waals surface area contributed by atoms with Crippen molar-refractivity contribution in [1.29, 1.82) is 0 Å². The van der Waals surface area contributed by atoms with E-state index in [-0.39, 0.29) is 0 Å². The van der Waals surface area contributed by atoms with E-state index in [1.807, 2.05) is 0 Å². The minimum Gasteiger partial charge on any atom is -0.301 e. The highest BCUT2D eigenvalue weighted by atomic mass is 19.4. The van der Waals surface area contributed by atoms with Crippen LogP contribution in [0, 0.1) is 0 Å². The summed E-state index contributed by atoms with van der Waals surface area (Å²) in [6.45, 7) is 0. The van der Waals surface area contributed by atoms with Crippen LogP contribution in [0.3, 0.4) is 0 Å². The third kappa shape index (κ3) is 2.33. The van der Waals surface area contributed by atoms with E-state index in [2.05, 4.69) is 0 Å². The van der Waals surface area contributed by atoms with E-state index in [9.17, 15) is 35.9 Å². The molecule has 1 heterocycles. The number of carbonyl (C=O) groups excluding carboxylic acids is 2. The molecule has 1 saturated heterocycles. The van der Waals surface area contributed by atoms with Gasteiger partial charge in [0.1, 0.15) is 0 Å². The van der Waals surface area contributed by atoms with E-state index in [0.29, 0.717) is 0 Å². The Morgan fingerprint density at radius 2 is 1.47 bits per heavy atom.